The van der Waals surface area contributed by atoms with Gasteiger partial charge in [-0.3, -0.25) is 4.79 Å². The number of fused-ring (bicyclic) bond motifs is 1. The molecule has 0 amide bonds. The van der Waals surface area contributed by atoms with Crippen molar-refractivity contribution in [2.75, 3.05) is 0 Å². The van der Waals surface area contributed by atoms with E-state index in [1.807, 2.05) is 0 Å². The van der Waals surface area contributed by atoms with Crippen molar-refractivity contribution in [3.05, 3.63) is 49.3 Å². The Kier molecular flexibility index (Phi) is 2.83. The lowest BCUT2D eigenvalue weighted by Gasteiger charge is -2.03. The first-order valence-corrected chi connectivity index (χ1v) is 6.58. The van der Waals surface area contributed by atoms with Crippen LogP contribution in [0.1, 0.15) is 5.69 Å². The van der Waals surface area contributed by atoms with E-state index in [2.05, 4.69) is 9.97 Å². The van der Waals surface area contributed by atoms with Crippen molar-refractivity contribution < 1.29 is 8.78 Å². The van der Waals surface area contributed by atoms with E-state index in [-0.39, 0.29) is 21.7 Å². The van der Waals surface area contributed by atoms with Crippen molar-refractivity contribution in [2.45, 2.75) is 6.54 Å². The zero-order valence-corrected chi connectivity index (χ0v) is 11.0. The van der Waals surface area contributed by atoms with Crippen molar-refractivity contribution in [1.29, 1.82) is 0 Å². The molecule has 0 bridgehead atoms. The van der Waals surface area contributed by atoms with E-state index in [4.69, 9.17) is 12.2 Å². The maximum absolute atomic E-state index is 13.8. The van der Waals surface area contributed by atoms with Crippen LogP contribution in [-0.4, -0.2) is 14.5 Å². The van der Waals surface area contributed by atoms with Crippen LogP contribution in [0.15, 0.2) is 22.3 Å². The highest BCUT2D eigenvalue weighted by atomic mass is 32.1. The number of aromatic amines is 2. The van der Waals surface area contributed by atoms with Gasteiger partial charge in [-0.05, 0) is 24.4 Å². The number of halogens is 2. The first kappa shape index (κ1) is 12.2. The number of rotatable bonds is 2. The van der Waals surface area contributed by atoms with E-state index in [0.29, 0.717) is 11.2 Å². The molecule has 0 saturated carbocycles. The number of aromatic nitrogens is 3. The number of hydrogen-bond acceptors (Lipinski definition) is 3. The van der Waals surface area contributed by atoms with E-state index in [9.17, 15) is 13.6 Å². The van der Waals surface area contributed by atoms with Gasteiger partial charge in [0, 0.05) is 11.1 Å². The Labute approximate surface area is 114 Å². The molecule has 98 valence electrons. The summed E-state index contributed by atoms with van der Waals surface area (Å²) >= 11 is 6.10. The van der Waals surface area contributed by atoms with E-state index in [0.717, 1.165) is 17.4 Å². The molecule has 0 aliphatic carbocycles. The second-order valence-corrected chi connectivity index (χ2v) is 5.18. The van der Waals surface area contributed by atoms with Gasteiger partial charge >= 0.3 is 4.87 Å². The Morgan fingerprint density at radius 3 is 2.79 bits per heavy atom. The van der Waals surface area contributed by atoms with Gasteiger partial charge in [-0.2, -0.15) is 0 Å². The van der Waals surface area contributed by atoms with E-state index in [1.54, 1.807) is 5.38 Å². The van der Waals surface area contributed by atoms with Crippen molar-refractivity contribution >= 4 is 34.6 Å². The van der Waals surface area contributed by atoms with Crippen molar-refractivity contribution in [2.24, 2.45) is 0 Å². The minimum Gasteiger partial charge on any atom is -0.330 e. The minimum atomic E-state index is -0.956. The van der Waals surface area contributed by atoms with Crippen LogP contribution in [0.5, 0.6) is 0 Å². The summed E-state index contributed by atoms with van der Waals surface area (Å²) < 4.78 is 28.8. The summed E-state index contributed by atoms with van der Waals surface area (Å²) in [5.74, 6) is -1.89. The molecule has 0 unspecified atom stereocenters. The van der Waals surface area contributed by atoms with Crippen LogP contribution >= 0.6 is 23.6 Å². The Balaban J connectivity index is 2.22. The number of hydrogen-bond donors (Lipinski definition) is 2. The molecule has 2 aromatic heterocycles. The fourth-order valence-corrected chi connectivity index (χ4v) is 2.74. The minimum absolute atomic E-state index is 0.0667. The van der Waals surface area contributed by atoms with Crippen LogP contribution in [-0.2, 0) is 6.54 Å². The molecule has 3 aromatic rings. The number of nitrogens with zero attached hydrogens (tertiary/aromatic N) is 1. The third-order valence-electron chi connectivity index (χ3n) is 2.73. The Bertz CT molecular complexity index is 874. The SMILES string of the molecule is O=c1[nH]c(Cn2c(=S)[nH]c3ccc(F)c(F)c32)cs1. The molecule has 19 heavy (non-hydrogen) atoms. The summed E-state index contributed by atoms with van der Waals surface area (Å²) in [6.07, 6.45) is 0. The molecule has 2 N–H and O–H groups in total. The highest BCUT2D eigenvalue weighted by molar-refractivity contribution is 7.71. The van der Waals surface area contributed by atoms with Crippen LogP contribution in [0.25, 0.3) is 11.0 Å². The number of benzene rings is 1. The number of nitrogens with one attached hydrogen (secondary N) is 2. The summed E-state index contributed by atoms with van der Waals surface area (Å²) in [5, 5.41) is 1.63. The van der Waals surface area contributed by atoms with Crippen LogP contribution in [0.2, 0.25) is 0 Å². The van der Waals surface area contributed by atoms with Gasteiger partial charge in [0.25, 0.3) is 0 Å². The maximum atomic E-state index is 13.8. The summed E-state index contributed by atoms with van der Waals surface area (Å²) in [6, 6.07) is 2.47. The van der Waals surface area contributed by atoms with Gasteiger partial charge in [0.1, 0.15) is 5.52 Å². The second kappa shape index (κ2) is 4.39. The zero-order chi connectivity index (χ0) is 13.6. The first-order valence-electron chi connectivity index (χ1n) is 5.29. The molecule has 2 heterocycles. The monoisotopic (exact) mass is 299 g/mol. The van der Waals surface area contributed by atoms with E-state index in [1.165, 1.54) is 10.6 Å². The van der Waals surface area contributed by atoms with Crippen LogP contribution in [0.4, 0.5) is 8.78 Å². The normalized spacial score (nSPS) is 11.3. The summed E-state index contributed by atoms with van der Waals surface area (Å²) in [5.41, 5.74) is 1.08. The average Bonchev–Trinajstić information content (AvgIpc) is 2.90. The lowest BCUT2D eigenvalue weighted by Crippen LogP contribution is -2.04. The topological polar surface area (TPSA) is 53.6 Å². The van der Waals surface area contributed by atoms with Gasteiger partial charge in [0.15, 0.2) is 16.4 Å². The molecule has 4 nitrogen and oxygen atoms in total. The molecule has 0 spiro atoms. The van der Waals surface area contributed by atoms with Gasteiger partial charge in [-0.15, -0.1) is 0 Å². The van der Waals surface area contributed by atoms with Gasteiger partial charge in [-0.1, -0.05) is 11.3 Å². The van der Waals surface area contributed by atoms with E-state index < -0.39 is 11.6 Å². The Morgan fingerprint density at radius 2 is 2.11 bits per heavy atom. The highest BCUT2D eigenvalue weighted by Crippen LogP contribution is 2.21. The molecule has 0 aliphatic heterocycles. The van der Waals surface area contributed by atoms with Crippen LogP contribution < -0.4 is 4.87 Å². The lowest BCUT2D eigenvalue weighted by molar-refractivity contribution is 0.512. The molecular weight excluding hydrogens is 292 g/mol. The van der Waals surface area contributed by atoms with Crippen molar-refractivity contribution in [1.82, 2.24) is 14.5 Å². The number of H-pyrrole nitrogens is 2. The predicted octanol–water partition coefficient (Wildman–Crippen LogP) is 2.78. The number of imidazole rings is 1. The Morgan fingerprint density at radius 1 is 1.32 bits per heavy atom. The smallest absolute Gasteiger partial charge is 0.304 e. The third kappa shape index (κ3) is 2.02. The lowest BCUT2D eigenvalue weighted by atomic mass is 10.3. The van der Waals surface area contributed by atoms with Gasteiger partial charge in [0.05, 0.1) is 12.1 Å². The number of thiazole rings is 1. The van der Waals surface area contributed by atoms with Gasteiger partial charge in [0.2, 0.25) is 0 Å². The molecule has 0 radical (unpaired) electrons. The van der Waals surface area contributed by atoms with Gasteiger partial charge in [-0.25, -0.2) is 8.78 Å². The molecule has 0 saturated heterocycles. The fraction of sp³-hybridized carbons (Fsp3) is 0.0909. The predicted molar refractivity (Wildman–Crippen MR) is 71.1 cm³/mol. The van der Waals surface area contributed by atoms with Crippen molar-refractivity contribution in [3.8, 4) is 0 Å². The average molecular weight is 299 g/mol. The molecule has 1 aromatic carbocycles. The molecule has 0 atom stereocenters. The van der Waals surface area contributed by atoms with Crippen LogP contribution in [0, 0.1) is 16.4 Å². The standard InChI is InChI=1S/C11H7F2N3OS2/c12-6-1-2-7-9(8(6)13)16(10(18)15-7)3-5-4-19-11(17)14-5/h1-2,4H,3H2,(H,14,17)(H,15,18). The summed E-state index contributed by atoms with van der Waals surface area (Å²) in [6.45, 7) is 0.179. The third-order valence-corrected chi connectivity index (χ3v) is 3.77. The maximum Gasteiger partial charge on any atom is 0.304 e. The molecule has 0 aliphatic rings. The largest absolute Gasteiger partial charge is 0.330 e. The van der Waals surface area contributed by atoms with Crippen molar-refractivity contribution in [3.63, 3.8) is 0 Å². The second-order valence-electron chi connectivity index (χ2n) is 3.95. The molecular formula is C11H7F2N3OS2. The summed E-state index contributed by atoms with van der Waals surface area (Å²) in [7, 11) is 0. The zero-order valence-electron chi connectivity index (χ0n) is 9.37. The summed E-state index contributed by atoms with van der Waals surface area (Å²) in [4.78, 5) is 16.3. The Hall–Kier alpha value is -1.80. The van der Waals surface area contributed by atoms with E-state index >= 15 is 0 Å². The first-order chi connectivity index (χ1) is 9.06. The molecule has 0 fully saturated rings. The molecule has 8 heteroatoms. The fourth-order valence-electron chi connectivity index (χ4n) is 1.90. The van der Waals surface area contributed by atoms with Gasteiger partial charge < -0.3 is 14.5 Å². The molecule has 3 rings (SSSR count). The van der Waals surface area contributed by atoms with Crippen LogP contribution in [0.3, 0.4) is 0 Å². The highest BCUT2D eigenvalue weighted by Gasteiger charge is 2.14. The quantitative estimate of drug-likeness (QED) is 0.715.